The Morgan fingerprint density at radius 1 is 0.750 bits per heavy atom. The van der Waals surface area contributed by atoms with E-state index in [0.717, 1.165) is 0 Å². The fourth-order valence-corrected chi connectivity index (χ4v) is 0. The first-order valence-corrected chi connectivity index (χ1v) is 6.67. The Bertz CT molecular complexity index is 347. The average Bonchev–Trinajstić information content (AvgIpc) is 1.41. The Labute approximate surface area is 102 Å². The Morgan fingerprint density at radius 3 is 0.750 bits per heavy atom. The first-order valence-electron chi connectivity index (χ1n) is 2.22. The molecule has 0 aliphatic rings. The third-order valence-electron chi connectivity index (χ3n) is 0. The summed E-state index contributed by atoms with van der Waals surface area (Å²) in [7, 11) is -13.0. The molecule has 0 aromatic heterocycles. The number of nitrogens with two attached hydrogens (primary N) is 3. The van der Waals surface area contributed by atoms with Gasteiger partial charge in [0.2, 0.25) is 0 Å². The van der Waals surface area contributed by atoms with Gasteiger partial charge in [-0.25, -0.2) is 32.3 Å². The average molecular weight is 348 g/mol. The molecule has 0 unspecified atom stereocenters. The molecule has 12 nitrogen and oxygen atoms in total. The van der Waals surface area contributed by atoms with Crippen LogP contribution >= 0.6 is 0 Å². The molecule has 16 heavy (non-hydrogen) atoms. The van der Waals surface area contributed by atoms with E-state index < -0.39 is 30.9 Å². The Hall–Kier alpha value is 0.104. The molecule has 0 aromatic carbocycles. The molecule has 104 valence electrons. The Morgan fingerprint density at radius 2 is 0.750 bits per heavy atom. The summed E-state index contributed by atoms with van der Waals surface area (Å²) in [6.07, 6.45) is 0. The molecular formula is H7N3NiO9S3. The van der Waals surface area contributed by atoms with Crippen molar-refractivity contribution < 1.29 is 55.4 Å². The van der Waals surface area contributed by atoms with E-state index in [9.17, 15) is 0 Å². The van der Waals surface area contributed by atoms with Crippen molar-refractivity contribution in [1.29, 1.82) is 0 Å². The SMILES string of the molecule is NS(=O)(=O)O.NS(=O)(=O)[O-].NS(=O)(=O)[O-].[Ni+2]. The molecule has 0 aliphatic carbocycles. The van der Waals surface area contributed by atoms with Crippen LogP contribution in [0.2, 0.25) is 0 Å². The molecule has 0 heterocycles. The zero-order chi connectivity index (χ0) is 13.5. The summed E-state index contributed by atoms with van der Waals surface area (Å²) in [5, 5.41) is 11.4. The van der Waals surface area contributed by atoms with Crippen LogP contribution in [0.25, 0.3) is 0 Å². The van der Waals surface area contributed by atoms with E-state index in [2.05, 4.69) is 15.4 Å². The van der Waals surface area contributed by atoms with Crippen LogP contribution in [0.15, 0.2) is 0 Å². The predicted octanol–water partition coefficient (Wildman–Crippen LogP) is -4.44. The van der Waals surface area contributed by atoms with E-state index in [-0.39, 0.29) is 16.5 Å². The molecular weight excluding hydrogens is 341 g/mol. The summed E-state index contributed by atoms with van der Waals surface area (Å²) in [5.74, 6) is 0. The quantitative estimate of drug-likeness (QED) is 0.243. The van der Waals surface area contributed by atoms with Gasteiger partial charge in [0.1, 0.15) is 0 Å². The molecule has 0 saturated carbocycles. The summed E-state index contributed by atoms with van der Waals surface area (Å²) in [6.45, 7) is 0. The van der Waals surface area contributed by atoms with Crippen molar-refractivity contribution in [3.05, 3.63) is 0 Å². The van der Waals surface area contributed by atoms with Crippen LogP contribution in [-0.4, -0.2) is 38.9 Å². The van der Waals surface area contributed by atoms with Crippen LogP contribution in [-0.2, 0) is 47.4 Å². The van der Waals surface area contributed by atoms with E-state index in [0.29, 0.717) is 0 Å². The molecule has 0 rings (SSSR count). The molecule has 0 spiro atoms. The van der Waals surface area contributed by atoms with Crippen LogP contribution in [0.3, 0.4) is 0 Å². The summed E-state index contributed by atoms with van der Waals surface area (Å²) in [5.41, 5.74) is 0. The number of hydrogen-bond acceptors (Lipinski definition) is 8. The van der Waals surface area contributed by atoms with Gasteiger partial charge in [-0.15, -0.1) is 0 Å². The van der Waals surface area contributed by atoms with Crippen LogP contribution in [0.5, 0.6) is 0 Å². The fourth-order valence-electron chi connectivity index (χ4n) is 0. The van der Waals surface area contributed by atoms with Gasteiger partial charge in [0.25, 0.3) is 0 Å². The molecule has 0 aromatic rings. The van der Waals surface area contributed by atoms with Gasteiger partial charge < -0.3 is 9.11 Å². The normalized spacial score (nSPS) is 10.9. The van der Waals surface area contributed by atoms with E-state index >= 15 is 0 Å². The molecule has 0 bridgehead atoms. The first kappa shape index (κ1) is 25.1. The van der Waals surface area contributed by atoms with Crippen molar-refractivity contribution in [3.8, 4) is 0 Å². The van der Waals surface area contributed by atoms with E-state index in [1.54, 1.807) is 0 Å². The maximum atomic E-state index is 8.97. The van der Waals surface area contributed by atoms with Crippen molar-refractivity contribution in [2.45, 2.75) is 0 Å². The third kappa shape index (κ3) is 226000. The third-order valence-corrected chi connectivity index (χ3v) is 0. The van der Waals surface area contributed by atoms with E-state index in [4.69, 9.17) is 38.9 Å². The molecule has 7 N–H and O–H groups in total. The van der Waals surface area contributed by atoms with Gasteiger partial charge in [0.15, 0.2) is 20.6 Å². The first-order chi connectivity index (χ1) is 6.00. The maximum Gasteiger partial charge on any atom is 2.00 e. The molecule has 16 heteroatoms. The molecule has 0 amide bonds. The number of hydrogen-bond donors (Lipinski definition) is 4. The second-order valence-corrected chi connectivity index (χ2v) is 4.50. The van der Waals surface area contributed by atoms with Gasteiger partial charge in [-0.3, -0.25) is 4.55 Å². The standard InChI is InChI=1S/3H3NO3S.Ni/c3*1-5(2,3)4;/h3*(H3,1,2,3,4);/q;;;+2/p-2. The minimum Gasteiger partial charge on any atom is -0.736 e. The molecule has 0 fully saturated rings. The fraction of sp³-hybridized carbons (Fsp3) is 0. The van der Waals surface area contributed by atoms with Crippen LogP contribution < -0.4 is 15.4 Å². The zero-order valence-electron chi connectivity index (χ0n) is 6.99. The zero-order valence-corrected chi connectivity index (χ0v) is 10.4. The molecule has 0 saturated heterocycles. The summed E-state index contributed by atoms with van der Waals surface area (Å²) in [4.78, 5) is 0. The predicted molar refractivity (Wildman–Crippen MR) is 43.5 cm³/mol. The van der Waals surface area contributed by atoms with E-state index in [1.165, 1.54) is 0 Å². The van der Waals surface area contributed by atoms with Gasteiger partial charge in [-0.05, 0) is 0 Å². The van der Waals surface area contributed by atoms with Crippen LogP contribution in [0, 0.1) is 0 Å². The van der Waals surface area contributed by atoms with Crippen molar-refractivity contribution in [3.63, 3.8) is 0 Å². The summed E-state index contributed by atoms with van der Waals surface area (Å²) < 4.78 is 78.3. The Kier molecular flexibility index (Phi) is 14.4. The van der Waals surface area contributed by atoms with Crippen LogP contribution in [0.1, 0.15) is 0 Å². The maximum absolute atomic E-state index is 8.97. The van der Waals surface area contributed by atoms with Gasteiger partial charge in [-0.2, -0.15) is 8.42 Å². The minimum atomic E-state index is -4.42. The van der Waals surface area contributed by atoms with Crippen molar-refractivity contribution in [1.82, 2.24) is 0 Å². The molecule has 0 atom stereocenters. The topological polar surface area (TPSA) is 247 Å². The largest absolute Gasteiger partial charge is 2.00 e. The van der Waals surface area contributed by atoms with Crippen molar-refractivity contribution in [2.24, 2.45) is 15.4 Å². The van der Waals surface area contributed by atoms with Crippen molar-refractivity contribution >= 4 is 30.9 Å². The Balaban J connectivity index is -0.0000000655. The summed E-state index contributed by atoms with van der Waals surface area (Å²) in [6, 6.07) is 0. The second kappa shape index (κ2) is 9.17. The number of rotatable bonds is 0. The second-order valence-electron chi connectivity index (χ2n) is 1.50. The van der Waals surface area contributed by atoms with E-state index in [1.807, 2.05) is 0 Å². The van der Waals surface area contributed by atoms with Gasteiger partial charge >= 0.3 is 26.8 Å². The molecule has 0 aliphatic heterocycles. The van der Waals surface area contributed by atoms with Crippen LogP contribution in [0.4, 0.5) is 0 Å². The molecule has 0 radical (unpaired) electrons. The smallest absolute Gasteiger partial charge is 0.736 e. The van der Waals surface area contributed by atoms with Gasteiger partial charge in [-0.1, -0.05) is 0 Å². The van der Waals surface area contributed by atoms with Crippen molar-refractivity contribution in [2.75, 3.05) is 0 Å². The summed E-state index contributed by atoms with van der Waals surface area (Å²) >= 11 is 0. The van der Waals surface area contributed by atoms with Gasteiger partial charge in [0.05, 0.1) is 0 Å². The minimum absolute atomic E-state index is 0. The monoisotopic (exact) mass is 347 g/mol. The van der Waals surface area contributed by atoms with Gasteiger partial charge in [0, 0.05) is 0 Å².